The summed E-state index contributed by atoms with van der Waals surface area (Å²) in [4.78, 5) is 12.0. The number of halogens is 1. The van der Waals surface area contributed by atoms with Gasteiger partial charge in [0.1, 0.15) is 5.69 Å². The van der Waals surface area contributed by atoms with Crippen molar-refractivity contribution in [2.45, 2.75) is 0 Å². The van der Waals surface area contributed by atoms with Crippen LogP contribution in [0.25, 0.3) is 16.9 Å². The lowest BCUT2D eigenvalue weighted by atomic mass is 10.1. The molecule has 138 valence electrons. The van der Waals surface area contributed by atoms with Crippen molar-refractivity contribution in [3.63, 3.8) is 0 Å². The Bertz CT molecular complexity index is 1100. The average molecular weight is 391 g/mol. The molecule has 0 aliphatic rings. The number of amides is 1. The molecule has 2 aromatic carbocycles. The SMILES string of the molecule is O=C(N/N=C\c1cn(-c2ccccc2)nc1-c1ccc(Cl)cc1)c1ccco1. The first-order valence-corrected chi connectivity index (χ1v) is 8.86. The molecule has 0 atom stereocenters. The molecule has 4 aromatic rings. The van der Waals surface area contributed by atoms with Crippen molar-refractivity contribution in [2.24, 2.45) is 5.10 Å². The van der Waals surface area contributed by atoms with Crippen LogP contribution in [0.3, 0.4) is 0 Å². The van der Waals surface area contributed by atoms with Crippen LogP contribution in [-0.2, 0) is 0 Å². The number of nitrogens with one attached hydrogen (secondary N) is 1. The maximum absolute atomic E-state index is 12.0. The van der Waals surface area contributed by atoms with Gasteiger partial charge in [0.15, 0.2) is 5.76 Å². The van der Waals surface area contributed by atoms with E-state index in [0.717, 1.165) is 22.5 Å². The summed E-state index contributed by atoms with van der Waals surface area (Å²) in [7, 11) is 0. The molecule has 1 N–H and O–H groups in total. The summed E-state index contributed by atoms with van der Waals surface area (Å²) in [5, 5.41) is 9.37. The van der Waals surface area contributed by atoms with Crippen LogP contribution >= 0.6 is 11.6 Å². The monoisotopic (exact) mass is 390 g/mol. The summed E-state index contributed by atoms with van der Waals surface area (Å²) in [6, 6.07) is 20.3. The number of hydrogen-bond donors (Lipinski definition) is 1. The minimum atomic E-state index is -0.426. The molecule has 0 fully saturated rings. The number of carbonyl (C=O) groups excluding carboxylic acids is 1. The third-order valence-corrected chi connectivity index (χ3v) is 4.25. The van der Waals surface area contributed by atoms with Crippen LogP contribution in [0.5, 0.6) is 0 Å². The standard InChI is InChI=1S/C21H15ClN4O2/c22-17-10-8-15(9-11-17)20-16(13-23-24-21(27)19-7-4-12-28-19)14-26(25-20)18-5-2-1-3-6-18/h1-14H,(H,24,27)/b23-13-. The van der Waals surface area contributed by atoms with Crippen molar-refractivity contribution in [3.8, 4) is 16.9 Å². The van der Waals surface area contributed by atoms with Gasteiger partial charge in [-0.3, -0.25) is 4.79 Å². The van der Waals surface area contributed by atoms with Gasteiger partial charge in [-0.2, -0.15) is 10.2 Å². The fraction of sp³-hybridized carbons (Fsp3) is 0. The third-order valence-electron chi connectivity index (χ3n) is 4.00. The Morgan fingerprint density at radius 1 is 1.07 bits per heavy atom. The summed E-state index contributed by atoms with van der Waals surface area (Å²) in [5.41, 5.74) is 5.71. The number of benzene rings is 2. The lowest BCUT2D eigenvalue weighted by Gasteiger charge is -2.00. The molecule has 2 aromatic heterocycles. The molecule has 0 aliphatic heterocycles. The molecule has 1 amide bonds. The first-order valence-electron chi connectivity index (χ1n) is 8.48. The Morgan fingerprint density at radius 2 is 1.86 bits per heavy atom. The molecule has 0 aliphatic carbocycles. The topological polar surface area (TPSA) is 72.4 Å². The molecule has 7 heteroatoms. The number of furan rings is 1. The Kier molecular flexibility index (Phi) is 5.03. The first-order chi connectivity index (χ1) is 13.7. The second-order valence-electron chi connectivity index (χ2n) is 5.90. The molecule has 2 heterocycles. The first kappa shape index (κ1) is 17.8. The van der Waals surface area contributed by atoms with Gasteiger partial charge in [-0.15, -0.1) is 0 Å². The van der Waals surface area contributed by atoms with Crippen molar-refractivity contribution < 1.29 is 9.21 Å². The molecule has 0 radical (unpaired) electrons. The van der Waals surface area contributed by atoms with Gasteiger partial charge in [-0.1, -0.05) is 41.9 Å². The van der Waals surface area contributed by atoms with Crippen LogP contribution in [0.2, 0.25) is 5.02 Å². The summed E-state index contributed by atoms with van der Waals surface area (Å²) >= 11 is 6.00. The van der Waals surface area contributed by atoms with Crippen LogP contribution in [0, 0.1) is 0 Å². The maximum atomic E-state index is 12.0. The zero-order chi connectivity index (χ0) is 19.3. The Balaban J connectivity index is 1.66. The largest absolute Gasteiger partial charge is 0.459 e. The number of nitrogens with zero attached hydrogens (tertiary/aromatic N) is 3. The van der Waals surface area contributed by atoms with E-state index < -0.39 is 5.91 Å². The van der Waals surface area contributed by atoms with Gasteiger partial charge >= 0.3 is 5.91 Å². The highest BCUT2D eigenvalue weighted by atomic mass is 35.5. The van der Waals surface area contributed by atoms with Crippen molar-refractivity contribution >= 4 is 23.7 Å². The van der Waals surface area contributed by atoms with E-state index in [4.69, 9.17) is 16.0 Å². The lowest BCUT2D eigenvalue weighted by Crippen LogP contribution is -2.16. The van der Waals surface area contributed by atoms with Gasteiger partial charge in [0.05, 0.1) is 18.2 Å². The highest BCUT2D eigenvalue weighted by Crippen LogP contribution is 2.24. The summed E-state index contributed by atoms with van der Waals surface area (Å²) in [6.07, 6.45) is 4.83. The van der Waals surface area contributed by atoms with Crippen LogP contribution in [0.1, 0.15) is 16.1 Å². The molecule has 6 nitrogen and oxygen atoms in total. The van der Waals surface area contributed by atoms with Gasteiger partial charge in [0, 0.05) is 22.3 Å². The van der Waals surface area contributed by atoms with E-state index in [9.17, 15) is 4.79 Å². The van der Waals surface area contributed by atoms with Crippen molar-refractivity contribution in [3.05, 3.63) is 95.5 Å². The third kappa shape index (κ3) is 3.87. The van der Waals surface area contributed by atoms with Gasteiger partial charge in [-0.05, 0) is 36.4 Å². The predicted molar refractivity (Wildman–Crippen MR) is 108 cm³/mol. The van der Waals surface area contributed by atoms with Gasteiger partial charge in [0.25, 0.3) is 0 Å². The van der Waals surface area contributed by atoms with E-state index in [2.05, 4.69) is 15.6 Å². The van der Waals surface area contributed by atoms with Crippen LogP contribution in [0.4, 0.5) is 0 Å². The van der Waals surface area contributed by atoms with Crippen molar-refractivity contribution in [2.75, 3.05) is 0 Å². The Labute approximate surface area is 166 Å². The smallest absolute Gasteiger partial charge is 0.307 e. The van der Waals surface area contributed by atoms with Gasteiger partial charge < -0.3 is 4.42 Å². The highest BCUT2D eigenvalue weighted by molar-refractivity contribution is 6.30. The zero-order valence-corrected chi connectivity index (χ0v) is 15.4. The van der Waals surface area contributed by atoms with E-state index >= 15 is 0 Å². The number of hydrazone groups is 1. The number of rotatable bonds is 5. The van der Waals surface area contributed by atoms with E-state index in [1.54, 1.807) is 35.2 Å². The minimum absolute atomic E-state index is 0.190. The summed E-state index contributed by atoms with van der Waals surface area (Å²) in [6.45, 7) is 0. The maximum Gasteiger partial charge on any atom is 0.307 e. The molecule has 0 unspecified atom stereocenters. The second-order valence-corrected chi connectivity index (χ2v) is 6.33. The fourth-order valence-corrected chi connectivity index (χ4v) is 2.78. The van der Waals surface area contributed by atoms with Crippen molar-refractivity contribution in [1.82, 2.24) is 15.2 Å². The number of aromatic nitrogens is 2. The molecular weight excluding hydrogens is 376 g/mol. The van der Waals surface area contributed by atoms with E-state index in [-0.39, 0.29) is 5.76 Å². The predicted octanol–water partition coefficient (Wildman–Crippen LogP) is 4.55. The molecule has 0 spiro atoms. The Hall–Kier alpha value is -3.64. The second kappa shape index (κ2) is 7.94. The van der Waals surface area contributed by atoms with Crippen LogP contribution in [-0.4, -0.2) is 21.9 Å². The summed E-state index contributed by atoms with van der Waals surface area (Å²) in [5.74, 6) is -0.236. The van der Waals surface area contributed by atoms with Crippen molar-refractivity contribution in [1.29, 1.82) is 0 Å². The lowest BCUT2D eigenvalue weighted by molar-refractivity contribution is 0.0927. The van der Waals surface area contributed by atoms with E-state index in [1.165, 1.54) is 6.26 Å². The quantitative estimate of drug-likeness (QED) is 0.401. The van der Waals surface area contributed by atoms with Gasteiger partial charge in [0.2, 0.25) is 0 Å². The fourth-order valence-electron chi connectivity index (χ4n) is 2.65. The number of carbonyl (C=O) groups is 1. The Morgan fingerprint density at radius 3 is 2.57 bits per heavy atom. The number of para-hydroxylation sites is 1. The molecule has 0 bridgehead atoms. The summed E-state index contributed by atoms with van der Waals surface area (Å²) < 4.78 is 6.81. The van der Waals surface area contributed by atoms with Crippen LogP contribution < -0.4 is 5.43 Å². The minimum Gasteiger partial charge on any atom is -0.459 e. The number of hydrogen-bond acceptors (Lipinski definition) is 4. The normalized spacial score (nSPS) is 11.0. The molecule has 0 saturated heterocycles. The average Bonchev–Trinajstić information content (AvgIpc) is 3.40. The zero-order valence-electron chi connectivity index (χ0n) is 14.6. The van der Waals surface area contributed by atoms with E-state index in [1.807, 2.05) is 48.7 Å². The molecule has 28 heavy (non-hydrogen) atoms. The molecular formula is C21H15ClN4O2. The highest BCUT2D eigenvalue weighted by Gasteiger charge is 2.12. The van der Waals surface area contributed by atoms with Gasteiger partial charge in [-0.25, -0.2) is 10.1 Å². The molecule has 0 saturated carbocycles. The molecule has 4 rings (SSSR count). The van der Waals surface area contributed by atoms with E-state index in [0.29, 0.717) is 5.02 Å². The van der Waals surface area contributed by atoms with Crippen LogP contribution in [0.15, 0.2) is 88.7 Å².